The van der Waals surface area contributed by atoms with Crippen LogP contribution in [-0.2, 0) is 19.4 Å². The van der Waals surface area contributed by atoms with Gasteiger partial charge in [0.25, 0.3) is 0 Å². The number of hydrogen-bond acceptors (Lipinski definition) is 4. The molecule has 0 saturated carbocycles. The predicted molar refractivity (Wildman–Crippen MR) is 60.1 cm³/mol. The molecule has 0 bridgehead atoms. The van der Waals surface area contributed by atoms with E-state index in [9.17, 15) is 13.2 Å². The third-order valence-corrected chi connectivity index (χ3v) is 2.99. The van der Waals surface area contributed by atoms with Gasteiger partial charge in [0.05, 0.1) is 7.11 Å². The highest BCUT2D eigenvalue weighted by Gasteiger charge is 2.28. The molecule has 1 unspecified atom stereocenters. The van der Waals surface area contributed by atoms with E-state index in [0.29, 0.717) is 12.8 Å². The maximum absolute atomic E-state index is 11.0. The largest absolute Gasteiger partial charge is 0.468 e. The number of methoxy groups -OCH3 is 1. The van der Waals surface area contributed by atoms with Crippen molar-refractivity contribution in [3.8, 4) is 0 Å². The minimum atomic E-state index is -3.31. The molecule has 0 rings (SSSR count). The summed E-state index contributed by atoms with van der Waals surface area (Å²) in [6.07, 6.45) is 2.02. The number of hydrogen-bond donors (Lipinski definition) is 0. The molecule has 88 valence electrons. The van der Waals surface area contributed by atoms with Gasteiger partial charge in [-0.05, 0) is 6.42 Å². The Morgan fingerprint density at radius 2 is 1.79 bits per heavy atom. The summed E-state index contributed by atoms with van der Waals surface area (Å²) in [6.45, 7) is 1.82. The lowest BCUT2D eigenvalue weighted by Gasteiger charge is -2.10. The average Bonchev–Trinajstić information content (AvgIpc) is 1.96. The highest BCUT2D eigenvalue weighted by atomic mass is 35.5. The summed E-state index contributed by atoms with van der Waals surface area (Å²) in [7, 11) is -2.12. The van der Waals surface area contributed by atoms with Crippen LogP contribution in [0.4, 0.5) is 0 Å². The first-order valence-electron chi connectivity index (χ1n) is 3.70. The maximum Gasteiger partial charge on any atom is 0.324 e. The normalized spacial score (nSPS) is 11.9. The molecule has 0 fully saturated rings. The lowest BCUT2D eigenvalue weighted by Crippen LogP contribution is -2.30. The molecule has 0 heterocycles. The summed E-state index contributed by atoms with van der Waals surface area (Å²) in [5, 5.41) is -0.993. The summed E-state index contributed by atoms with van der Waals surface area (Å²) in [5.41, 5.74) is 0. The van der Waals surface area contributed by atoms with E-state index in [2.05, 4.69) is 4.74 Å². The Bertz CT molecular complexity index is 250. The lowest BCUT2D eigenvalue weighted by molar-refractivity contribution is -0.140. The second-order valence-corrected chi connectivity index (χ2v) is 4.86. The van der Waals surface area contributed by atoms with Crippen molar-refractivity contribution in [2.45, 2.75) is 25.0 Å². The fourth-order valence-electron chi connectivity index (χ4n) is 0.900. The first-order chi connectivity index (χ1) is 5.43. The zero-order chi connectivity index (χ0) is 9.78. The van der Waals surface area contributed by atoms with Crippen molar-refractivity contribution in [1.29, 1.82) is 0 Å². The molecule has 0 aromatic heterocycles. The molecule has 0 amide bonds. The molecule has 0 aliphatic carbocycles. The highest BCUT2D eigenvalue weighted by Crippen LogP contribution is 2.08. The van der Waals surface area contributed by atoms with Crippen LogP contribution in [0.2, 0.25) is 0 Å². The topological polar surface area (TPSA) is 60.4 Å². The molecular weight excluding hydrogens is 251 g/mol. The van der Waals surface area contributed by atoms with Gasteiger partial charge in [0, 0.05) is 6.26 Å². The Kier molecular flexibility index (Phi) is 11.6. The van der Waals surface area contributed by atoms with E-state index in [1.54, 1.807) is 0 Å². The van der Waals surface area contributed by atoms with Gasteiger partial charge in [-0.25, -0.2) is 8.42 Å². The first kappa shape index (κ1) is 19.6. The van der Waals surface area contributed by atoms with Gasteiger partial charge in [0.1, 0.15) is 0 Å². The molecule has 0 aliphatic heterocycles. The summed E-state index contributed by atoms with van der Waals surface area (Å²) in [4.78, 5) is 10.9. The third-order valence-electron chi connectivity index (χ3n) is 1.53. The number of esters is 1. The van der Waals surface area contributed by atoms with Crippen LogP contribution in [0.15, 0.2) is 0 Å². The molecule has 0 aromatic carbocycles. The molecule has 0 aliphatic rings. The number of ether oxygens (including phenoxy) is 1. The minimum absolute atomic E-state index is 0. The second-order valence-electron chi connectivity index (χ2n) is 2.63. The standard InChI is InChI=1S/C7H14O4S.2ClH/c1-4-5-6(7(8)11-2)12(3,9)10;;/h6H,4-5H2,1-3H3;2*1H. The van der Waals surface area contributed by atoms with Gasteiger partial charge in [-0.1, -0.05) is 13.3 Å². The highest BCUT2D eigenvalue weighted by molar-refractivity contribution is 7.92. The number of sulfone groups is 1. The molecule has 7 heteroatoms. The molecule has 14 heavy (non-hydrogen) atoms. The van der Waals surface area contributed by atoms with Crippen molar-refractivity contribution in [2.24, 2.45) is 0 Å². The van der Waals surface area contributed by atoms with Crippen LogP contribution in [0.25, 0.3) is 0 Å². The number of carbonyl (C=O) groups is 1. The molecule has 0 aromatic rings. The fourth-order valence-corrected chi connectivity index (χ4v) is 2.01. The van der Waals surface area contributed by atoms with Gasteiger partial charge in [0.2, 0.25) is 0 Å². The molecule has 0 radical (unpaired) electrons. The molecule has 4 nitrogen and oxygen atoms in total. The van der Waals surface area contributed by atoms with Crippen molar-refractivity contribution < 1.29 is 17.9 Å². The SMILES string of the molecule is CCCC(C(=O)OC)S(C)(=O)=O.Cl.Cl. The summed E-state index contributed by atoms with van der Waals surface area (Å²) in [6, 6.07) is 0. The Balaban J connectivity index is -0.000000605. The number of carbonyl (C=O) groups excluding carboxylic acids is 1. The Labute approximate surface area is 97.1 Å². The monoisotopic (exact) mass is 266 g/mol. The van der Waals surface area contributed by atoms with E-state index >= 15 is 0 Å². The predicted octanol–water partition coefficient (Wildman–Crippen LogP) is 1.22. The van der Waals surface area contributed by atoms with Crippen molar-refractivity contribution in [3.05, 3.63) is 0 Å². The van der Waals surface area contributed by atoms with Gasteiger partial charge in [0.15, 0.2) is 15.1 Å². The zero-order valence-corrected chi connectivity index (χ0v) is 10.8. The molecule has 0 spiro atoms. The Morgan fingerprint density at radius 1 is 1.36 bits per heavy atom. The van der Waals surface area contributed by atoms with Crippen LogP contribution < -0.4 is 0 Å². The minimum Gasteiger partial charge on any atom is -0.468 e. The fraction of sp³-hybridized carbons (Fsp3) is 0.857. The molecular formula is C7H16Cl2O4S. The van der Waals surface area contributed by atoms with Crippen LogP contribution in [0.5, 0.6) is 0 Å². The number of rotatable bonds is 4. The number of halogens is 2. The molecule has 1 atom stereocenters. The summed E-state index contributed by atoms with van der Waals surface area (Å²) < 4.78 is 26.4. The van der Waals surface area contributed by atoms with E-state index in [1.807, 2.05) is 6.92 Å². The Morgan fingerprint density at radius 3 is 2.00 bits per heavy atom. The Hall–Kier alpha value is -0.000000000000000111. The van der Waals surface area contributed by atoms with Gasteiger partial charge < -0.3 is 4.74 Å². The van der Waals surface area contributed by atoms with Crippen LogP contribution >= 0.6 is 24.8 Å². The van der Waals surface area contributed by atoms with Gasteiger partial charge in [-0.3, -0.25) is 4.79 Å². The first-order valence-corrected chi connectivity index (χ1v) is 5.65. The summed E-state index contributed by atoms with van der Waals surface area (Å²) >= 11 is 0. The van der Waals surface area contributed by atoms with E-state index in [4.69, 9.17) is 0 Å². The quantitative estimate of drug-likeness (QED) is 0.718. The van der Waals surface area contributed by atoms with Gasteiger partial charge in [-0.15, -0.1) is 24.8 Å². The van der Waals surface area contributed by atoms with E-state index < -0.39 is 21.1 Å². The maximum atomic E-state index is 11.0. The second kappa shape index (κ2) is 8.32. The van der Waals surface area contributed by atoms with Gasteiger partial charge >= 0.3 is 5.97 Å². The lowest BCUT2D eigenvalue weighted by atomic mass is 10.2. The van der Waals surface area contributed by atoms with Crippen molar-refractivity contribution in [2.75, 3.05) is 13.4 Å². The van der Waals surface area contributed by atoms with E-state index in [0.717, 1.165) is 6.26 Å². The average molecular weight is 267 g/mol. The van der Waals surface area contributed by atoms with Crippen molar-refractivity contribution in [1.82, 2.24) is 0 Å². The zero-order valence-electron chi connectivity index (χ0n) is 8.35. The smallest absolute Gasteiger partial charge is 0.324 e. The van der Waals surface area contributed by atoms with E-state index in [-0.39, 0.29) is 24.8 Å². The van der Waals surface area contributed by atoms with Crippen LogP contribution in [0.1, 0.15) is 19.8 Å². The summed E-state index contributed by atoms with van der Waals surface area (Å²) in [5.74, 6) is -0.667. The molecule has 0 saturated heterocycles. The van der Waals surface area contributed by atoms with Crippen LogP contribution in [0.3, 0.4) is 0 Å². The van der Waals surface area contributed by atoms with Crippen LogP contribution in [-0.4, -0.2) is 33.0 Å². The third kappa shape index (κ3) is 6.45. The van der Waals surface area contributed by atoms with Gasteiger partial charge in [-0.2, -0.15) is 0 Å². The van der Waals surface area contributed by atoms with Crippen molar-refractivity contribution >= 4 is 40.6 Å². The molecule has 0 N–H and O–H groups in total. The van der Waals surface area contributed by atoms with E-state index in [1.165, 1.54) is 7.11 Å². The van der Waals surface area contributed by atoms with Crippen LogP contribution in [0, 0.1) is 0 Å². The van der Waals surface area contributed by atoms with Crippen molar-refractivity contribution in [3.63, 3.8) is 0 Å².